The first-order valence-electron chi connectivity index (χ1n) is 6.45. The van der Waals surface area contributed by atoms with Crippen molar-refractivity contribution < 1.29 is 14.3 Å². The number of hydrogen-bond acceptors (Lipinski definition) is 4. The van der Waals surface area contributed by atoms with Crippen molar-refractivity contribution in [2.45, 2.75) is 6.92 Å². The first-order chi connectivity index (χ1) is 10.0. The molecule has 0 unspecified atom stereocenters. The smallest absolute Gasteiger partial charge is 0.341 e. The van der Waals surface area contributed by atoms with Crippen molar-refractivity contribution in [1.29, 1.82) is 0 Å². The molecule has 0 aliphatic carbocycles. The minimum Gasteiger partial charge on any atom is -0.489 e. The summed E-state index contributed by atoms with van der Waals surface area (Å²) >= 11 is 0. The highest BCUT2D eigenvalue weighted by Crippen LogP contribution is 2.25. The van der Waals surface area contributed by atoms with Crippen LogP contribution in [0, 0.1) is 0 Å². The Morgan fingerprint density at radius 3 is 2.57 bits per heavy atom. The number of rotatable bonds is 5. The summed E-state index contributed by atoms with van der Waals surface area (Å²) in [4.78, 5) is 14.5. The van der Waals surface area contributed by atoms with E-state index in [-0.39, 0.29) is 0 Å². The van der Waals surface area contributed by atoms with Crippen LogP contribution in [0.2, 0.25) is 0 Å². The largest absolute Gasteiger partial charge is 0.489 e. The van der Waals surface area contributed by atoms with E-state index in [0.717, 1.165) is 22.6 Å². The molecule has 2 rings (SSSR count). The van der Waals surface area contributed by atoms with Gasteiger partial charge in [0, 0.05) is 5.69 Å². The van der Waals surface area contributed by atoms with Gasteiger partial charge in [-0.2, -0.15) is 0 Å². The van der Waals surface area contributed by atoms with Gasteiger partial charge in [0.1, 0.15) is 23.7 Å². The van der Waals surface area contributed by atoms with Gasteiger partial charge in [-0.05, 0) is 48.4 Å². The fraction of sp³-hybridized carbons (Fsp3) is 0.188. The van der Waals surface area contributed by atoms with Gasteiger partial charge in [-0.15, -0.1) is 0 Å². The molecule has 0 spiro atoms. The normalized spacial score (nSPS) is 10.2. The van der Waals surface area contributed by atoms with Crippen LogP contribution < -0.4 is 10.5 Å². The number of carbonyl (C=O) groups excluding carboxylic acids is 1. The second-order valence-corrected chi connectivity index (χ2v) is 4.77. The lowest BCUT2D eigenvalue weighted by Crippen LogP contribution is -2.02. The van der Waals surface area contributed by atoms with E-state index in [1.54, 1.807) is 6.07 Å². The Hall–Kier alpha value is -2.69. The summed E-state index contributed by atoms with van der Waals surface area (Å²) in [6.07, 6.45) is 0. The third kappa shape index (κ3) is 3.45. The summed E-state index contributed by atoms with van der Waals surface area (Å²) in [5.41, 5.74) is 8.71. The molecule has 0 atom stereocenters. The Morgan fingerprint density at radius 1 is 1.33 bits per heavy atom. The van der Waals surface area contributed by atoms with Crippen molar-refractivity contribution in [1.82, 2.24) is 4.98 Å². The van der Waals surface area contributed by atoms with Gasteiger partial charge in [0.05, 0.1) is 7.11 Å². The van der Waals surface area contributed by atoms with Crippen LogP contribution in [0.3, 0.4) is 0 Å². The molecule has 0 bridgehead atoms. The van der Waals surface area contributed by atoms with Crippen LogP contribution in [0.1, 0.15) is 17.3 Å². The van der Waals surface area contributed by atoms with Crippen LogP contribution in [0.5, 0.6) is 5.75 Å². The van der Waals surface area contributed by atoms with Gasteiger partial charge < -0.3 is 20.2 Å². The lowest BCUT2D eigenvalue weighted by molar-refractivity contribution is 0.0602. The fourth-order valence-electron chi connectivity index (χ4n) is 1.84. The predicted octanol–water partition coefficient (Wildman–Crippen LogP) is 3.01. The molecule has 21 heavy (non-hydrogen) atoms. The van der Waals surface area contributed by atoms with Crippen molar-refractivity contribution >= 4 is 11.8 Å². The highest BCUT2D eigenvalue weighted by Gasteiger charge is 2.14. The molecule has 0 amide bonds. The molecule has 5 nitrogen and oxygen atoms in total. The molecule has 0 fully saturated rings. The molecule has 0 aliphatic rings. The third-order valence-electron chi connectivity index (χ3n) is 2.90. The molecule has 110 valence electrons. The maximum absolute atomic E-state index is 11.5. The molecular weight excluding hydrogens is 268 g/mol. The number of methoxy groups -OCH3 is 1. The Kier molecular flexibility index (Phi) is 4.33. The zero-order chi connectivity index (χ0) is 15.4. The van der Waals surface area contributed by atoms with Gasteiger partial charge in [-0.1, -0.05) is 6.58 Å². The average Bonchev–Trinajstić information content (AvgIpc) is 2.87. The van der Waals surface area contributed by atoms with Crippen molar-refractivity contribution in [3.8, 4) is 17.0 Å². The maximum atomic E-state index is 11.5. The first-order valence-corrected chi connectivity index (χ1v) is 6.45. The van der Waals surface area contributed by atoms with Gasteiger partial charge in [-0.25, -0.2) is 4.79 Å². The Balaban J connectivity index is 2.19. The quantitative estimate of drug-likeness (QED) is 0.654. The Morgan fingerprint density at radius 2 is 2.00 bits per heavy atom. The lowest BCUT2D eigenvalue weighted by atomic mass is 10.1. The van der Waals surface area contributed by atoms with Gasteiger partial charge >= 0.3 is 5.97 Å². The number of nitrogens with two attached hydrogens (primary N) is 1. The van der Waals surface area contributed by atoms with Crippen LogP contribution >= 0.6 is 0 Å². The minimum atomic E-state index is -0.462. The first kappa shape index (κ1) is 14.7. The van der Waals surface area contributed by atoms with Crippen molar-refractivity contribution in [2.75, 3.05) is 19.5 Å². The summed E-state index contributed by atoms with van der Waals surface area (Å²) < 4.78 is 10.2. The molecule has 0 saturated carbocycles. The molecule has 0 aliphatic heterocycles. The molecule has 5 heteroatoms. The molecule has 3 N–H and O–H groups in total. The van der Waals surface area contributed by atoms with E-state index in [2.05, 4.69) is 16.3 Å². The number of carbonyl (C=O) groups is 1. The highest BCUT2D eigenvalue weighted by molar-refractivity contribution is 5.96. The number of anilines is 1. The molecule has 0 saturated heterocycles. The fourth-order valence-corrected chi connectivity index (χ4v) is 1.84. The number of ether oxygens (including phenoxy) is 2. The van der Waals surface area contributed by atoms with Crippen molar-refractivity contribution in [3.63, 3.8) is 0 Å². The van der Waals surface area contributed by atoms with E-state index in [1.165, 1.54) is 7.11 Å². The van der Waals surface area contributed by atoms with Crippen LogP contribution in [0.25, 0.3) is 11.3 Å². The zero-order valence-corrected chi connectivity index (χ0v) is 12.1. The Labute approximate surface area is 123 Å². The number of H-pyrrole nitrogens is 1. The van der Waals surface area contributed by atoms with Gasteiger partial charge in [0.25, 0.3) is 0 Å². The van der Waals surface area contributed by atoms with Crippen molar-refractivity contribution in [2.24, 2.45) is 0 Å². The van der Waals surface area contributed by atoms with Gasteiger partial charge in [-0.3, -0.25) is 0 Å². The number of aromatic nitrogens is 1. The topological polar surface area (TPSA) is 77.3 Å². The number of nitrogens with one attached hydrogen (secondary N) is 1. The third-order valence-corrected chi connectivity index (χ3v) is 2.90. The number of aromatic amines is 1. The van der Waals surface area contributed by atoms with Crippen LogP contribution in [0.15, 0.2) is 42.5 Å². The maximum Gasteiger partial charge on any atom is 0.341 e. The van der Waals surface area contributed by atoms with E-state index in [0.29, 0.717) is 18.0 Å². The molecule has 1 aromatic heterocycles. The number of hydrogen-bond donors (Lipinski definition) is 2. The molecule has 1 aromatic carbocycles. The van der Waals surface area contributed by atoms with Gasteiger partial charge in [0.15, 0.2) is 0 Å². The molecule has 2 aromatic rings. The lowest BCUT2D eigenvalue weighted by Gasteiger charge is -2.06. The number of nitrogen functional groups attached to an aromatic ring is 1. The molecular formula is C16H18N2O3. The predicted molar refractivity (Wildman–Crippen MR) is 82.3 cm³/mol. The van der Waals surface area contributed by atoms with Crippen LogP contribution in [0.4, 0.5) is 5.82 Å². The van der Waals surface area contributed by atoms with E-state index in [4.69, 9.17) is 10.5 Å². The summed E-state index contributed by atoms with van der Waals surface area (Å²) in [6.45, 7) is 6.18. The SMILES string of the molecule is C=C(C)COc1ccc(-c2cc(C(=O)OC)c(N)[nH]2)cc1. The highest BCUT2D eigenvalue weighted by atomic mass is 16.5. The van der Waals surface area contributed by atoms with Gasteiger partial charge in [0.2, 0.25) is 0 Å². The monoisotopic (exact) mass is 286 g/mol. The molecule has 1 heterocycles. The van der Waals surface area contributed by atoms with E-state index >= 15 is 0 Å². The van der Waals surface area contributed by atoms with E-state index in [9.17, 15) is 4.79 Å². The second-order valence-electron chi connectivity index (χ2n) is 4.77. The summed E-state index contributed by atoms with van der Waals surface area (Å²) in [5, 5.41) is 0. The summed E-state index contributed by atoms with van der Waals surface area (Å²) in [7, 11) is 1.32. The summed E-state index contributed by atoms with van der Waals surface area (Å²) in [5.74, 6) is 0.588. The minimum absolute atomic E-state index is 0.291. The Bertz CT molecular complexity index is 657. The average molecular weight is 286 g/mol. The van der Waals surface area contributed by atoms with E-state index in [1.807, 2.05) is 31.2 Å². The second kappa shape index (κ2) is 6.17. The standard InChI is InChI=1S/C16H18N2O3/c1-10(2)9-21-12-6-4-11(5-7-12)14-8-13(15(17)18-14)16(19)20-3/h4-8,18H,1,9,17H2,2-3H3. The van der Waals surface area contributed by atoms with E-state index < -0.39 is 5.97 Å². The molecule has 0 radical (unpaired) electrons. The summed E-state index contributed by atoms with van der Waals surface area (Å²) in [6, 6.07) is 9.16. The van der Waals surface area contributed by atoms with Crippen molar-refractivity contribution in [3.05, 3.63) is 48.0 Å². The van der Waals surface area contributed by atoms with Crippen LogP contribution in [-0.2, 0) is 4.74 Å². The zero-order valence-electron chi connectivity index (χ0n) is 12.1. The number of esters is 1. The number of benzene rings is 1. The van der Waals surface area contributed by atoms with Crippen LogP contribution in [-0.4, -0.2) is 24.7 Å².